The van der Waals surface area contributed by atoms with E-state index in [1.165, 1.54) is 5.56 Å². The lowest BCUT2D eigenvalue weighted by Gasteiger charge is -2.01. The third-order valence-corrected chi connectivity index (χ3v) is 2.91. The molecule has 15 heavy (non-hydrogen) atoms. The molecule has 0 amide bonds. The minimum atomic E-state index is -0.253. The molecule has 1 aromatic carbocycles. The number of nitrogens with zero attached hydrogens (tertiary/aromatic N) is 1. The molecule has 0 unspecified atom stereocenters. The van der Waals surface area contributed by atoms with Gasteiger partial charge in [-0.25, -0.2) is 9.89 Å². The van der Waals surface area contributed by atoms with E-state index in [0.717, 1.165) is 17.3 Å². The molecule has 0 aliphatic carbocycles. The van der Waals surface area contributed by atoms with Crippen molar-refractivity contribution in [1.29, 1.82) is 0 Å². The summed E-state index contributed by atoms with van der Waals surface area (Å²) in [6.07, 6.45) is 1.57. The van der Waals surface area contributed by atoms with Crippen LogP contribution < -0.4 is 5.69 Å². The standard InChI is InChI=1S/C10H10BrN3O/c11-8-4-2-1-3-7(8)5-6-9-12-10(15)14-13-9/h1-4H,5-6H2,(H2,12,13,14,15). The van der Waals surface area contributed by atoms with Crippen LogP contribution in [0.25, 0.3) is 0 Å². The predicted molar refractivity (Wildman–Crippen MR) is 60.8 cm³/mol. The van der Waals surface area contributed by atoms with Crippen molar-refractivity contribution in [3.63, 3.8) is 0 Å². The Bertz CT molecular complexity index is 503. The Morgan fingerprint density at radius 3 is 2.73 bits per heavy atom. The molecule has 0 saturated heterocycles. The number of nitrogens with one attached hydrogen (secondary N) is 2. The van der Waals surface area contributed by atoms with Crippen LogP contribution in [0.2, 0.25) is 0 Å². The Hall–Kier alpha value is -1.36. The normalized spacial score (nSPS) is 10.5. The van der Waals surface area contributed by atoms with Gasteiger partial charge in [-0.15, -0.1) is 0 Å². The highest BCUT2D eigenvalue weighted by atomic mass is 79.9. The molecule has 78 valence electrons. The van der Waals surface area contributed by atoms with Gasteiger partial charge in [-0.1, -0.05) is 34.1 Å². The third kappa shape index (κ3) is 2.56. The number of benzene rings is 1. The topological polar surface area (TPSA) is 61.5 Å². The molecule has 0 aliphatic heterocycles. The first-order chi connectivity index (χ1) is 7.25. The first-order valence-electron chi connectivity index (χ1n) is 4.62. The number of halogens is 1. The molecule has 2 aromatic rings. The van der Waals surface area contributed by atoms with Crippen LogP contribution in [-0.2, 0) is 12.8 Å². The summed E-state index contributed by atoms with van der Waals surface area (Å²) < 4.78 is 1.09. The minimum Gasteiger partial charge on any atom is -0.293 e. The largest absolute Gasteiger partial charge is 0.340 e. The van der Waals surface area contributed by atoms with Crippen molar-refractivity contribution >= 4 is 15.9 Å². The van der Waals surface area contributed by atoms with Crippen molar-refractivity contribution < 1.29 is 0 Å². The van der Waals surface area contributed by atoms with Crippen LogP contribution in [0.5, 0.6) is 0 Å². The van der Waals surface area contributed by atoms with E-state index in [-0.39, 0.29) is 5.69 Å². The molecule has 4 nitrogen and oxygen atoms in total. The van der Waals surface area contributed by atoms with Gasteiger partial charge in [-0.2, -0.15) is 5.10 Å². The molecule has 0 bridgehead atoms. The first-order valence-corrected chi connectivity index (χ1v) is 5.42. The number of aromatic nitrogens is 3. The molecule has 0 saturated carbocycles. The molecule has 0 fully saturated rings. The average molecular weight is 268 g/mol. The second-order valence-electron chi connectivity index (χ2n) is 3.22. The zero-order chi connectivity index (χ0) is 10.7. The van der Waals surface area contributed by atoms with E-state index in [1.807, 2.05) is 18.2 Å². The van der Waals surface area contributed by atoms with Crippen molar-refractivity contribution in [2.24, 2.45) is 0 Å². The Morgan fingerprint density at radius 1 is 1.27 bits per heavy atom. The summed E-state index contributed by atoms with van der Waals surface area (Å²) in [6, 6.07) is 8.02. The lowest BCUT2D eigenvalue weighted by molar-refractivity contribution is 0.862. The van der Waals surface area contributed by atoms with Gasteiger partial charge in [-0.3, -0.25) is 4.98 Å². The molecular weight excluding hydrogens is 258 g/mol. The fourth-order valence-corrected chi connectivity index (χ4v) is 1.86. The number of aromatic amines is 2. The van der Waals surface area contributed by atoms with E-state index >= 15 is 0 Å². The van der Waals surface area contributed by atoms with E-state index in [0.29, 0.717) is 5.82 Å². The zero-order valence-electron chi connectivity index (χ0n) is 7.96. The summed E-state index contributed by atoms with van der Waals surface area (Å²) >= 11 is 3.47. The van der Waals surface area contributed by atoms with Gasteiger partial charge in [0.15, 0.2) is 0 Å². The predicted octanol–water partition coefficient (Wildman–Crippen LogP) is 1.65. The van der Waals surface area contributed by atoms with Gasteiger partial charge in [0.05, 0.1) is 0 Å². The number of rotatable bonds is 3. The fraction of sp³-hybridized carbons (Fsp3) is 0.200. The number of aryl methyl sites for hydroxylation is 2. The van der Waals surface area contributed by atoms with Crippen LogP contribution in [0.1, 0.15) is 11.4 Å². The van der Waals surface area contributed by atoms with Gasteiger partial charge in [0, 0.05) is 10.9 Å². The van der Waals surface area contributed by atoms with Gasteiger partial charge in [0.1, 0.15) is 5.82 Å². The summed E-state index contributed by atoms with van der Waals surface area (Å²) in [6.45, 7) is 0. The van der Waals surface area contributed by atoms with Crippen LogP contribution in [0.4, 0.5) is 0 Å². The molecule has 2 N–H and O–H groups in total. The average Bonchev–Trinajstić information content (AvgIpc) is 2.63. The quantitative estimate of drug-likeness (QED) is 0.889. The highest BCUT2D eigenvalue weighted by Gasteiger charge is 2.01. The van der Waals surface area contributed by atoms with Crippen LogP contribution in [0, 0.1) is 0 Å². The number of hydrogen-bond donors (Lipinski definition) is 2. The monoisotopic (exact) mass is 267 g/mol. The molecule has 2 rings (SSSR count). The molecule has 0 atom stereocenters. The lowest BCUT2D eigenvalue weighted by Crippen LogP contribution is -2.01. The highest BCUT2D eigenvalue weighted by Crippen LogP contribution is 2.16. The summed E-state index contributed by atoms with van der Waals surface area (Å²) in [4.78, 5) is 13.4. The molecule has 0 radical (unpaired) electrons. The van der Waals surface area contributed by atoms with E-state index in [2.05, 4.69) is 37.2 Å². The van der Waals surface area contributed by atoms with Crippen LogP contribution >= 0.6 is 15.9 Å². The second-order valence-corrected chi connectivity index (χ2v) is 4.07. The maximum atomic E-state index is 10.8. The third-order valence-electron chi connectivity index (χ3n) is 2.14. The van der Waals surface area contributed by atoms with Gasteiger partial charge >= 0.3 is 5.69 Å². The van der Waals surface area contributed by atoms with Crippen LogP contribution in [0.3, 0.4) is 0 Å². The van der Waals surface area contributed by atoms with Crippen LogP contribution in [0.15, 0.2) is 33.5 Å². The maximum Gasteiger partial charge on any atom is 0.340 e. The Kier molecular flexibility index (Phi) is 3.01. The van der Waals surface area contributed by atoms with Gasteiger partial charge in [0.2, 0.25) is 0 Å². The summed E-state index contributed by atoms with van der Waals surface area (Å²) in [5.74, 6) is 0.691. The fourth-order valence-electron chi connectivity index (χ4n) is 1.38. The Labute approximate surface area is 94.9 Å². The van der Waals surface area contributed by atoms with Crippen molar-refractivity contribution in [2.75, 3.05) is 0 Å². The first kappa shape index (κ1) is 10.2. The molecule has 0 spiro atoms. The summed E-state index contributed by atoms with van der Waals surface area (Å²) in [5, 5.41) is 6.20. The second kappa shape index (κ2) is 4.44. The molecular formula is C10H10BrN3O. The van der Waals surface area contributed by atoms with Gasteiger partial charge in [-0.05, 0) is 18.1 Å². The van der Waals surface area contributed by atoms with Crippen LogP contribution in [-0.4, -0.2) is 15.2 Å². The smallest absolute Gasteiger partial charge is 0.293 e. The van der Waals surface area contributed by atoms with Crippen molar-refractivity contribution in [3.8, 4) is 0 Å². The highest BCUT2D eigenvalue weighted by molar-refractivity contribution is 9.10. The van der Waals surface area contributed by atoms with E-state index in [4.69, 9.17) is 0 Å². The minimum absolute atomic E-state index is 0.253. The lowest BCUT2D eigenvalue weighted by atomic mass is 10.1. The van der Waals surface area contributed by atoms with E-state index < -0.39 is 0 Å². The van der Waals surface area contributed by atoms with E-state index in [1.54, 1.807) is 0 Å². The summed E-state index contributed by atoms with van der Waals surface area (Å²) in [7, 11) is 0. The van der Waals surface area contributed by atoms with Crippen molar-refractivity contribution in [3.05, 3.63) is 50.6 Å². The SMILES string of the molecule is O=c1[nH]nc(CCc2ccccc2Br)[nH]1. The zero-order valence-corrected chi connectivity index (χ0v) is 9.54. The summed E-state index contributed by atoms with van der Waals surface area (Å²) in [5.41, 5.74) is 0.957. The van der Waals surface area contributed by atoms with E-state index in [9.17, 15) is 4.79 Å². The van der Waals surface area contributed by atoms with Gasteiger partial charge < -0.3 is 0 Å². The van der Waals surface area contributed by atoms with Crippen molar-refractivity contribution in [2.45, 2.75) is 12.8 Å². The van der Waals surface area contributed by atoms with Crippen molar-refractivity contribution in [1.82, 2.24) is 15.2 Å². The molecule has 0 aliphatic rings. The molecule has 1 heterocycles. The molecule has 5 heteroatoms. The van der Waals surface area contributed by atoms with Gasteiger partial charge in [0.25, 0.3) is 0 Å². The number of H-pyrrole nitrogens is 2. The maximum absolute atomic E-state index is 10.8. The Balaban J connectivity index is 2.05. The molecule has 1 aromatic heterocycles. The Morgan fingerprint density at radius 2 is 2.07 bits per heavy atom. The number of hydrogen-bond acceptors (Lipinski definition) is 2.